The van der Waals surface area contributed by atoms with Gasteiger partial charge < -0.3 is 19.3 Å². The summed E-state index contributed by atoms with van der Waals surface area (Å²) in [4.78, 5) is 29.0. The number of amides is 2. The largest absolute Gasteiger partial charge is 0.490 e. The molecule has 0 radical (unpaired) electrons. The summed E-state index contributed by atoms with van der Waals surface area (Å²) in [7, 11) is 0. The highest BCUT2D eigenvalue weighted by Crippen LogP contribution is 2.31. The summed E-state index contributed by atoms with van der Waals surface area (Å²) >= 11 is 0. The van der Waals surface area contributed by atoms with Gasteiger partial charge in [0.25, 0.3) is 5.91 Å². The van der Waals surface area contributed by atoms with Crippen LogP contribution in [0.25, 0.3) is 0 Å². The van der Waals surface area contributed by atoms with E-state index in [1.807, 2.05) is 9.80 Å². The van der Waals surface area contributed by atoms with Crippen molar-refractivity contribution in [3.8, 4) is 11.5 Å². The maximum atomic E-state index is 12.8. The molecule has 0 aromatic heterocycles. The number of piperazine rings is 1. The van der Waals surface area contributed by atoms with Gasteiger partial charge in [0.1, 0.15) is 0 Å². The molecule has 1 fully saturated rings. The Hall–Kier alpha value is -2.24. The molecule has 6 heteroatoms. The van der Waals surface area contributed by atoms with Crippen LogP contribution in [-0.2, 0) is 4.79 Å². The molecule has 142 valence electrons. The first-order chi connectivity index (χ1) is 12.6. The Morgan fingerprint density at radius 1 is 0.962 bits per heavy atom. The molecule has 0 N–H and O–H groups in total. The van der Waals surface area contributed by atoms with Gasteiger partial charge in [-0.05, 0) is 31.0 Å². The molecule has 0 atom stereocenters. The molecule has 1 saturated heterocycles. The lowest BCUT2D eigenvalue weighted by Crippen LogP contribution is -2.51. The van der Waals surface area contributed by atoms with Crippen molar-refractivity contribution in [2.45, 2.75) is 33.1 Å². The van der Waals surface area contributed by atoms with Crippen LogP contribution in [0.2, 0.25) is 0 Å². The van der Waals surface area contributed by atoms with Crippen molar-refractivity contribution in [2.24, 2.45) is 5.92 Å². The van der Waals surface area contributed by atoms with E-state index in [1.165, 1.54) is 0 Å². The predicted octanol–water partition coefficient (Wildman–Crippen LogP) is 2.57. The quantitative estimate of drug-likeness (QED) is 0.828. The smallest absolute Gasteiger partial charge is 0.254 e. The second-order valence-corrected chi connectivity index (χ2v) is 6.84. The van der Waals surface area contributed by atoms with E-state index in [9.17, 15) is 9.59 Å². The summed E-state index contributed by atoms with van der Waals surface area (Å²) in [5, 5.41) is 0. The van der Waals surface area contributed by atoms with Crippen LogP contribution in [0.4, 0.5) is 0 Å². The zero-order valence-corrected chi connectivity index (χ0v) is 15.7. The molecule has 2 heterocycles. The molecule has 3 rings (SSSR count). The Balaban J connectivity index is 1.62. The second-order valence-electron chi connectivity index (χ2n) is 6.84. The summed E-state index contributed by atoms with van der Waals surface area (Å²) in [6.07, 6.45) is 2.57. The van der Waals surface area contributed by atoms with Gasteiger partial charge in [0.2, 0.25) is 5.91 Å². The van der Waals surface area contributed by atoms with Crippen molar-refractivity contribution in [3.05, 3.63) is 23.8 Å². The maximum absolute atomic E-state index is 12.8. The standard InChI is InChI=1S/C20H28N2O4/c1-3-15(4-2)19(23)21-8-10-22(11-9-21)20(24)16-6-7-17-18(14-16)26-13-5-12-25-17/h6-7,14-15H,3-5,8-13H2,1-2H3. The number of hydrogen-bond acceptors (Lipinski definition) is 4. The minimum absolute atomic E-state index is 0.0183. The Kier molecular flexibility index (Phi) is 6.01. The van der Waals surface area contributed by atoms with Gasteiger partial charge in [-0.1, -0.05) is 13.8 Å². The van der Waals surface area contributed by atoms with Gasteiger partial charge in [0, 0.05) is 44.1 Å². The molecule has 2 aliphatic heterocycles. The Bertz CT molecular complexity index is 649. The van der Waals surface area contributed by atoms with E-state index in [0.29, 0.717) is 56.5 Å². The van der Waals surface area contributed by atoms with E-state index in [0.717, 1.165) is 19.3 Å². The molecular formula is C20H28N2O4. The zero-order valence-electron chi connectivity index (χ0n) is 15.7. The fourth-order valence-electron chi connectivity index (χ4n) is 3.50. The van der Waals surface area contributed by atoms with Gasteiger partial charge in [-0.15, -0.1) is 0 Å². The first-order valence-corrected chi connectivity index (χ1v) is 9.61. The molecule has 1 aromatic carbocycles. The van der Waals surface area contributed by atoms with Gasteiger partial charge in [-0.2, -0.15) is 0 Å². The average Bonchev–Trinajstić information content (AvgIpc) is 2.93. The zero-order chi connectivity index (χ0) is 18.5. The molecule has 6 nitrogen and oxygen atoms in total. The summed E-state index contributed by atoms with van der Waals surface area (Å²) in [6.45, 7) is 7.68. The number of rotatable bonds is 4. The van der Waals surface area contributed by atoms with Crippen LogP contribution in [-0.4, -0.2) is 61.0 Å². The molecule has 0 spiro atoms. The summed E-state index contributed by atoms with van der Waals surface area (Å²) < 4.78 is 11.3. The SMILES string of the molecule is CCC(CC)C(=O)N1CCN(C(=O)c2ccc3c(c2)OCCCO3)CC1. The lowest BCUT2D eigenvalue weighted by molar-refractivity contribution is -0.137. The molecule has 1 aromatic rings. The van der Waals surface area contributed by atoms with Crippen molar-refractivity contribution in [2.75, 3.05) is 39.4 Å². The minimum Gasteiger partial charge on any atom is -0.490 e. The highest BCUT2D eigenvalue weighted by Gasteiger charge is 2.28. The topological polar surface area (TPSA) is 59.1 Å². The highest BCUT2D eigenvalue weighted by atomic mass is 16.5. The minimum atomic E-state index is -0.0183. The highest BCUT2D eigenvalue weighted by molar-refractivity contribution is 5.95. The average molecular weight is 360 g/mol. The first-order valence-electron chi connectivity index (χ1n) is 9.61. The second kappa shape index (κ2) is 8.43. The molecule has 2 amide bonds. The third kappa shape index (κ3) is 3.94. The van der Waals surface area contributed by atoms with Crippen LogP contribution < -0.4 is 9.47 Å². The van der Waals surface area contributed by atoms with E-state index < -0.39 is 0 Å². The van der Waals surface area contributed by atoms with Crippen molar-refractivity contribution >= 4 is 11.8 Å². The first kappa shape index (κ1) is 18.5. The Morgan fingerprint density at radius 3 is 2.23 bits per heavy atom. The molecule has 0 bridgehead atoms. The molecule has 26 heavy (non-hydrogen) atoms. The van der Waals surface area contributed by atoms with Gasteiger partial charge in [0.15, 0.2) is 11.5 Å². The van der Waals surface area contributed by atoms with E-state index in [-0.39, 0.29) is 17.7 Å². The fourth-order valence-corrected chi connectivity index (χ4v) is 3.50. The van der Waals surface area contributed by atoms with Crippen molar-refractivity contribution in [1.82, 2.24) is 9.80 Å². The number of hydrogen-bond donors (Lipinski definition) is 0. The Labute approximate surface area is 155 Å². The fraction of sp³-hybridized carbons (Fsp3) is 0.600. The van der Waals surface area contributed by atoms with Crippen LogP contribution >= 0.6 is 0 Å². The van der Waals surface area contributed by atoms with Crippen molar-refractivity contribution in [3.63, 3.8) is 0 Å². The molecule has 2 aliphatic rings. The normalized spacial score (nSPS) is 17.2. The Morgan fingerprint density at radius 2 is 1.58 bits per heavy atom. The van der Waals surface area contributed by atoms with E-state index in [2.05, 4.69) is 13.8 Å². The maximum Gasteiger partial charge on any atom is 0.254 e. The van der Waals surface area contributed by atoms with Gasteiger partial charge >= 0.3 is 0 Å². The van der Waals surface area contributed by atoms with Gasteiger partial charge in [-0.25, -0.2) is 0 Å². The summed E-state index contributed by atoms with van der Waals surface area (Å²) in [5.74, 6) is 1.63. The monoisotopic (exact) mass is 360 g/mol. The summed E-state index contributed by atoms with van der Waals surface area (Å²) in [5.41, 5.74) is 0.606. The van der Waals surface area contributed by atoms with E-state index in [4.69, 9.17) is 9.47 Å². The molecule has 0 unspecified atom stereocenters. The van der Waals surface area contributed by atoms with E-state index >= 15 is 0 Å². The number of benzene rings is 1. The third-order valence-electron chi connectivity index (χ3n) is 5.21. The number of carbonyl (C=O) groups is 2. The van der Waals surface area contributed by atoms with Gasteiger partial charge in [-0.3, -0.25) is 9.59 Å². The lowest BCUT2D eigenvalue weighted by Gasteiger charge is -2.36. The van der Waals surface area contributed by atoms with Crippen LogP contribution in [0.3, 0.4) is 0 Å². The van der Waals surface area contributed by atoms with Gasteiger partial charge in [0.05, 0.1) is 13.2 Å². The number of carbonyl (C=O) groups excluding carboxylic acids is 2. The van der Waals surface area contributed by atoms with Crippen molar-refractivity contribution < 1.29 is 19.1 Å². The number of fused-ring (bicyclic) bond motifs is 1. The van der Waals surface area contributed by atoms with E-state index in [1.54, 1.807) is 18.2 Å². The lowest BCUT2D eigenvalue weighted by atomic mass is 10.0. The molecular weight excluding hydrogens is 332 g/mol. The summed E-state index contributed by atoms with van der Waals surface area (Å²) in [6, 6.07) is 5.36. The van der Waals surface area contributed by atoms with Crippen LogP contribution in [0.15, 0.2) is 18.2 Å². The molecule has 0 saturated carbocycles. The molecule has 0 aliphatic carbocycles. The predicted molar refractivity (Wildman–Crippen MR) is 98.6 cm³/mol. The van der Waals surface area contributed by atoms with Crippen molar-refractivity contribution in [1.29, 1.82) is 0 Å². The van der Waals surface area contributed by atoms with Crippen LogP contribution in [0.1, 0.15) is 43.5 Å². The number of nitrogens with zero attached hydrogens (tertiary/aromatic N) is 2. The van der Waals surface area contributed by atoms with Crippen LogP contribution in [0, 0.1) is 5.92 Å². The third-order valence-corrected chi connectivity index (χ3v) is 5.21. The number of ether oxygens (including phenoxy) is 2. The van der Waals surface area contributed by atoms with Crippen LogP contribution in [0.5, 0.6) is 11.5 Å².